The first-order chi connectivity index (χ1) is 3.70. The maximum Gasteiger partial charge on any atom is 0.306 e. The molecule has 2 nitrogen and oxygen atoms in total. The minimum atomic E-state index is -0.0509. The average Bonchev–Trinajstić information content (AvgIpc) is 1.85. The van der Waals surface area contributed by atoms with Crippen molar-refractivity contribution in [2.45, 2.75) is 26.4 Å². The van der Waals surface area contributed by atoms with Crippen LogP contribution in [-0.4, -0.2) is 12.1 Å². The van der Waals surface area contributed by atoms with Crippen LogP contribution < -0.4 is 0 Å². The van der Waals surface area contributed by atoms with Gasteiger partial charge in [0, 0.05) is 5.92 Å². The summed E-state index contributed by atoms with van der Waals surface area (Å²) in [4.78, 5) is 10.4. The summed E-state index contributed by atoms with van der Waals surface area (Å²) >= 11 is 0. The van der Waals surface area contributed by atoms with Gasteiger partial charge in [0.25, 0.3) is 0 Å². The molecule has 0 bridgehead atoms. The Morgan fingerprint density at radius 3 is 2.38 bits per heavy atom. The van der Waals surface area contributed by atoms with Crippen LogP contribution in [0.5, 0.6) is 0 Å². The quantitative estimate of drug-likeness (QED) is 0.438. The Bertz CT molecular complexity index is 97.1. The van der Waals surface area contributed by atoms with Crippen molar-refractivity contribution in [3.05, 3.63) is 0 Å². The van der Waals surface area contributed by atoms with Crippen LogP contribution in [0.25, 0.3) is 0 Å². The molecule has 1 rings (SSSR count). The van der Waals surface area contributed by atoms with Crippen molar-refractivity contribution >= 4 is 5.97 Å². The summed E-state index contributed by atoms with van der Waals surface area (Å²) < 4.78 is 4.83. The van der Waals surface area contributed by atoms with Gasteiger partial charge in [0.1, 0.15) is 6.10 Å². The summed E-state index contributed by atoms with van der Waals surface area (Å²) in [6, 6.07) is 0. The third kappa shape index (κ3) is 0.831. The van der Waals surface area contributed by atoms with Gasteiger partial charge in [-0.05, 0) is 6.92 Å². The van der Waals surface area contributed by atoms with Crippen LogP contribution in [0, 0.1) is 5.92 Å². The van der Waals surface area contributed by atoms with Crippen molar-refractivity contribution in [1.29, 1.82) is 0 Å². The van der Waals surface area contributed by atoms with Crippen LogP contribution in [-0.2, 0) is 9.53 Å². The normalized spacial score (nSPS) is 37.5. The molecule has 1 aliphatic rings. The Morgan fingerprint density at radius 2 is 2.25 bits per heavy atom. The SMILES string of the molecule is C[C@@H]1CC(=O)O[C@H]1C. The van der Waals surface area contributed by atoms with Gasteiger partial charge in [0.15, 0.2) is 0 Å². The maximum atomic E-state index is 10.4. The Morgan fingerprint density at radius 1 is 1.62 bits per heavy atom. The largest absolute Gasteiger partial charge is 0.462 e. The van der Waals surface area contributed by atoms with Crippen LogP contribution >= 0.6 is 0 Å². The number of cyclic esters (lactones) is 1. The summed E-state index contributed by atoms with van der Waals surface area (Å²) in [5, 5.41) is 0. The molecule has 0 unspecified atom stereocenters. The molecule has 0 radical (unpaired) electrons. The van der Waals surface area contributed by atoms with Crippen molar-refractivity contribution in [2.75, 3.05) is 0 Å². The molecule has 1 aliphatic heterocycles. The van der Waals surface area contributed by atoms with Gasteiger partial charge in [-0.3, -0.25) is 4.79 Å². The predicted octanol–water partition coefficient (Wildman–Crippen LogP) is 0.958. The Kier molecular flexibility index (Phi) is 1.24. The third-order valence-electron chi connectivity index (χ3n) is 1.61. The zero-order chi connectivity index (χ0) is 6.15. The fourth-order valence-electron chi connectivity index (χ4n) is 0.800. The van der Waals surface area contributed by atoms with E-state index in [0.717, 1.165) is 0 Å². The second-order valence-corrected chi connectivity index (χ2v) is 2.38. The van der Waals surface area contributed by atoms with Crippen LogP contribution in [0.15, 0.2) is 0 Å². The highest BCUT2D eigenvalue weighted by Gasteiger charge is 2.26. The number of hydrogen-bond donors (Lipinski definition) is 0. The zero-order valence-electron chi connectivity index (χ0n) is 5.18. The highest BCUT2D eigenvalue weighted by molar-refractivity contribution is 5.71. The summed E-state index contributed by atoms with van der Waals surface area (Å²) in [6.07, 6.45) is 0.740. The van der Waals surface area contributed by atoms with E-state index in [2.05, 4.69) is 0 Å². The molecular formula is C6H10O2. The van der Waals surface area contributed by atoms with E-state index in [1.54, 1.807) is 0 Å². The van der Waals surface area contributed by atoms with E-state index in [0.29, 0.717) is 12.3 Å². The van der Waals surface area contributed by atoms with E-state index < -0.39 is 0 Å². The van der Waals surface area contributed by atoms with E-state index in [-0.39, 0.29) is 12.1 Å². The van der Waals surface area contributed by atoms with Crippen LogP contribution in [0.4, 0.5) is 0 Å². The molecule has 2 heteroatoms. The summed E-state index contributed by atoms with van der Waals surface area (Å²) in [5.41, 5.74) is 0. The molecule has 1 saturated heterocycles. The lowest BCUT2D eigenvalue weighted by Crippen LogP contribution is -2.06. The van der Waals surface area contributed by atoms with Crippen LogP contribution in [0.1, 0.15) is 20.3 Å². The molecule has 8 heavy (non-hydrogen) atoms. The van der Waals surface area contributed by atoms with Crippen molar-refractivity contribution in [1.82, 2.24) is 0 Å². The van der Waals surface area contributed by atoms with Gasteiger partial charge in [0.05, 0.1) is 6.42 Å². The van der Waals surface area contributed by atoms with Gasteiger partial charge in [-0.2, -0.15) is 0 Å². The van der Waals surface area contributed by atoms with Crippen LogP contribution in [0.3, 0.4) is 0 Å². The number of esters is 1. The molecule has 0 N–H and O–H groups in total. The Balaban J connectivity index is 2.51. The first kappa shape index (κ1) is 5.60. The fourth-order valence-corrected chi connectivity index (χ4v) is 0.800. The molecule has 1 fully saturated rings. The standard InChI is InChI=1S/C6H10O2/c1-4-3-6(7)8-5(4)2/h4-5H,3H2,1-2H3/t4-,5+/m1/s1. The molecule has 0 amide bonds. The fraction of sp³-hybridized carbons (Fsp3) is 0.833. The Hall–Kier alpha value is -0.530. The number of carbonyl (C=O) groups excluding carboxylic acids is 1. The second kappa shape index (κ2) is 1.77. The van der Waals surface area contributed by atoms with E-state index in [1.165, 1.54) is 0 Å². The number of hydrogen-bond acceptors (Lipinski definition) is 2. The molecule has 0 aromatic rings. The van der Waals surface area contributed by atoms with Gasteiger partial charge in [-0.25, -0.2) is 0 Å². The van der Waals surface area contributed by atoms with Gasteiger partial charge < -0.3 is 4.74 Å². The van der Waals surface area contributed by atoms with E-state index in [9.17, 15) is 4.79 Å². The maximum absolute atomic E-state index is 10.4. The number of ether oxygens (including phenoxy) is 1. The highest BCUT2D eigenvalue weighted by Crippen LogP contribution is 2.19. The Labute approximate surface area is 48.8 Å². The number of rotatable bonds is 0. The molecule has 2 atom stereocenters. The molecule has 0 aromatic carbocycles. The topological polar surface area (TPSA) is 26.3 Å². The molecule has 0 spiro atoms. The summed E-state index contributed by atoms with van der Waals surface area (Å²) in [7, 11) is 0. The summed E-state index contributed by atoms with van der Waals surface area (Å²) in [6.45, 7) is 3.95. The van der Waals surface area contributed by atoms with Crippen LogP contribution in [0.2, 0.25) is 0 Å². The van der Waals surface area contributed by atoms with E-state index in [4.69, 9.17) is 4.74 Å². The van der Waals surface area contributed by atoms with Gasteiger partial charge >= 0.3 is 5.97 Å². The zero-order valence-corrected chi connectivity index (χ0v) is 5.18. The smallest absolute Gasteiger partial charge is 0.306 e. The highest BCUT2D eigenvalue weighted by atomic mass is 16.5. The second-order valence-electron chi connectivity index (χ2n) is 2.38. The number of carbonyl (C=O) groups is 1. The summed E-state index contributed by atoms with van der Waals surface area (Å²) in [5.74, 6) is 0.368. The average molecular weight is 114 g/mol. The monoisotopic (exact) mass is 114 g/mol. The van der Waals surface area contributed by atoms with Crippen molar-refractivity contribution in [3.63, 3.8) is 0 Å². The lowest BCUT2D eigenvalue weighted by molar-refractivity contribution is -0.140. The van der Waals surface area contributed by atoms with Crippen molar-refractivity contribution < 1.29 is 9.53 Å². The molecule has 0 aromatic heterocycles. The van der Waals surface area contributed by atoms with Crippen molar-refractivity contribution in [3.8, 4) is 0 Å². The predicted molar refractivity (Wildman–Crippen MR) is 29.3 cm³/mol. The van der Waals surface area contributed by atoms with Gasteiger partial charge in [-0.1, -0.05) is 6.92 Å². The van der Waals surface area contributed by atoms with Gasteiger partial charge in [0.2, 0.25) is 0 Å². The first-order valence-corrected chi connectivity index (χ1v) is 2.89. The lowest BCUT2D eigenvalue weighted by Gasteiger charge is -2.03. The van der Waals surface area contributed by atoms with Crippen molar-refractivity contribution in [2.24, 2.45) is 5.92 Å². The minimum absolute atomic E-state index is 0.0509. The molecule has 0 aliphatic carbocycles. The minimum Gasteiger partial charge on any atom is -0.462 e. The van der Waals surface area contributed by atoms with Gasteiger partial charge in [-0.15, -0.1) is 0 Å². The molecule has 1 heterocycles. The first-order valence-electron chi connectivity index (χ1n) is 2.89. The van der Waals surface area contributed by atoms with E-state index >= 15 is 0 Å². The lowest BCUT2D eigenvalue weighted by atomic mass is 10.1. The molecular weight excluding hydrogens is 104 g/mol. The molecule has 0 saturated carbocycles. The molecule has 46 valence electrons. The van der Waals surface area contributed by atoms with E-state index in [1.807, 2.05) is 13.8 Å². The third-order valence-corrected chi connectivity index (χ3v) is 1.61.